The van der Waals surface area contributed by atoms with Crippen LogP contribution in [0.2, 0.25) is 0 Å². The molecule has 0 aromatic heterocycles. The van der Waals surface area contributed by atoms with Crippen LogP contribution in [-0.4, -0.2) is 77.8 Å². The minimum absolute atomic E-state index is 0.0968. The number of ether oxygens (including phenoxy) is 2. The van der Waals surface area contributed by atoms with Crippen LogP contribution in [0.25, 0.3) is 0 Å². The Morgan fingerprint density at radius 3 is 2.58 bits per heavy atom. The number of hydrogen-bond acceptors (Lipinski definition) is 9. The summed E-state index contributed by atoms with van der Waals surface area (Å²) in [5.74, 6) is 5.87. The van der Waals surface area contributed by atoms with Gasteiger partial charge in [-0.1, -0.05) is 6.92 Å². The molecule has 24 heavy (non-hydrogen) atoms. The molecule has 0 aromatic carbocycles. The van der Waals surface area contributed by atoms with Gasteiger partial charge in [0.25, 0.3) is 0 Å². The molecule has 0 saturated carbocycles. The highest BCUT2D eigenvalue weighted by Crippen LogP contribution is 2.22. The van der Waals surface area contributed by atoms with Crippen molar-refractivity contribution in [3.05, 3.63) is 11.9 Å². The number of nitrogens with one attached hydrogen (secondary N) is 1. The van der Waals surface area contributed by atoms with Crippen LogP contribution in [0.5, 0.6) is 0 Å². The molecule has 142 valence electrons. The summed E-state index contributed by atoms with van der Waals surface area (Å²) >= 11 is 0. The number of methoxy groups -OCH3 is 1. The van der Waals surface area contributed by atoms with E-state index in [9.17, 15) is 15.3 Å². The fourth-order valence-electron chi connectivity index (χ4n) is 2.52. The molecule has 0 radical (unpaired) electrons. The molecule has 8 N–H and O–H groups in total. The molecular formula is C15H32N4O5. The second-order valence-corrected chi connectivity index (χ2v) is 6.00. The van der Waals surface area contributed by atoms with E-state index in [1.807, 2.05) is 0 Å². The number of allylic oxidation sites excluding steroid dienone is 1. The second-order valence-electron chi connectivity index (χ2n) is 6.00. The topological polar surface area (TPSA) is 146 Å². The molecule has 0 bridgehead atoms. The van der Waals surface area contributed by atoms with E-state index in [0.717, 1.165) is 25.9 Å². The Hall–Kier alpha value is -0.940. The predicted molar refractivity (Wildman–Crippen MR) is 89.2 cm³/mol. The molecule has 1 aliphatic heterocycles. The Balaban J connectivity index is 2.44. The van der Waals surface area contributed by atoms with Gasteiger partial charge in [0, 0.05) is 19.0 Å². The molecule has 1 aliphatic rings. The van der Waals surface area contributed by atoms with Gasteiger partial charge in [0.2, 0.25) is 0 Å². The summed E-state index contributed by atoms with van der Waals surface area (Å²) in [4.78, 5) is 0. The first-order valence-electron chi connectivity index (χ1n) is 8.31. The van der Waals surface area contributed by atoms with E-state index in [-0.39, 0.29) is 6.54 Å². The molecule has 9 nitrogen and oxygen atoms in total. The minimum Gasteiger partial charge on any atom is -0.401 e. The monoisotopic (exact) mass is 348 g/mol. The molecule has 9 heteroatoms. The van der Waals surface area contributed by atoms with Crippen LogP contribution in [0, 0.1) is 0 Å². The zero-order valence-corrected chi connectivity index (χ0v) is 14.5. The van der Waals surface area contributed by atoms with Crippen LogP contribution in [0.1, 0.15) is 26.2 Å². The van der Waals surface area contributed by atoms with Crippen molar-refractivity contribution in [1.29, 1.82) is 0 Å². The standard InChI is InChI=1S/C15H32N4O5/c1-3-6-18-7-4-5-10(16)8-19(17)9-11-12(20)13(21)14(22)15(23-2)24-11/h8,11-15,18,20-22H,3-7,9,16-17H2,1-2H3/b10-8-. The number of aliphatic hydroxyl groups excluding tert-OH is 3. The van der Waals surface area contributed by atoms with Crippen LogP contribution in [0.3, 0.4) is 0 Å². The van der Waals surface area contributed by atoms with Crippen LogP contribution < -0.4 is 16.9 Å². The van der Waals surface area contributed by atoms with Gasteiger partial charge >= 0.3 is 0 Å². The van der Waals surface area contributed by atoms with Crippen LogP contribution in [-0.2, 0) is 9.47 Å². The van der Waals surface area contributed by atoms with Gasteiger partial charge < -0.3 is 40.9 Å². The lowest BCUT2D eigenvalue weighted by Gasteiger charge is -2.40. The summed E-state index contributed by atoms with van der Waals surface area (Å²) in [6, 6.07) is 0. The first-order valence-corrected chi connectivity index (χ1v) is 8.31. The molecule has 1 saturated heterocycles. The second kappa shape index (κ2) is 10.8. The van der Waals surface area contributed by atoms with E-state index in [1.54, 1.807) is 6.20 Å². The number of rotatable bonds is 10. The van der Waals surface area contributed by atoms with Crippen molar-refractivity contribution < 1.29 is 24.8 Å². The van der Waals surface area contributed by atoms with Crippen molar-refractivity contribution in [1.82, 2.24) is 10.3 Å². The fraction of sp³-hybridized carbons (Fsp3) is 0.867. The van der Waals surface area contributed by atoms with Crippen molar-refractivity contribution >= 4 is 0 Å². The summed E-state index contributed by atoms with van der Waals surface area (Å²) in [5, 5.41) is 34.1. The largest absolute Gasteiger partial charge is 0.401 e. The number of nitrogens with zero attached hydrogens (tertiary/aromatic N) is 1. The number of aliphatic hydroxyl groups is 3. The first kappa shape index (κ1) is 21.1. The van der Waals surface area contributed by atoms with Gasteiger partial charge in [0.1, 0.15) is 24.4 Å². The molecule has 0 amide bonds. The molecule has 1 fully saturated rings. The average Bonchev–Trinajstić information content (AvgIpc) is 2.55. The van der Waals surface area contributed by atoms with Crippen molar-refractivity contribution in [2.24, 2.45) is 11.6 Å². The summed E-state index contributed by atoms with van der Waals surface area (Å²) in [7, 11) is 1.35. The normalized spacial score (nSPS) is 31.2. The Kier molecular flexibility index (Phi) is 9.52. The highest BCUT2D eigenvalue weighted by atomic mass is 16.7. The van der Waals surface area contributed by atoms with E-state index in [1.165, 1.54) is 12.1 Å². The zero-order chi connectivity index (χ0) is 18.1. The zero-order valence-electron chi connectivity index (χ0n) is 14.5. The van der Waals surface area contributed by atoms with Gasteiger partial charge in [-0.25, -0.2) is 5.84 Å². The molecule has 5 unspecified atom stereocenters. The average molecular weight is 348 g/mol. The minimum atomic E-state index is -1.37. The number of nitrogens with two attached hydrogens (primary N) is 2. The van der Waals surface area contributed by atoms with E-state index in [0.29, 0.717) is 12.1 Å². The van der Waals surface area contributed by atoms with Crippen molar-refractivity contribution in [3.8, 4) is 0 Å². The highest BCUT2D eigenvalue weighted by Gasteiger charge is 2.44. The molecule has 0 aromatic rings. The maximum atomic E-state index is 10.00. The fourth-order valence-corrected chi connectivity index (χ4v) is 2.52. The highest BCUT2D eigenvalue weighted by molar-refractivity contribution is 4.97. The third-order valence-electron chi connectivity index (χ3n) is 3.87. The Morgan fingerprint density at radius 1 is 1.25 bits per heavy atom. The number of hydrogen-bond donors (Lipinski definition) is 6. The Morgan fingerprint density at radius 2 is 1.96 bits per heavy atom. The Bertz CT molecular complexity index is 383. The van der Waals surface area contributed by atoms with Crippen LogP contribution >= 0.6 is 0 Å². The van der Waals surface area contributed by atoms with E-state index in [4.69, 9.17) is 21.1 Å². The van der Waals surface area contributed by atoms with Gasteiger partial charge in [-0.15, -0.1) is 0 Å². The summed E-state index contributed by atoms with van der Waals surface area (Å²) < 4.78 is 10.4. The SMILES string of the molecule is CCCNCCC/C(N)=C/N(N)CC1OC(OC)C(O)C(O)C1O. The van der Waals surface area contributed by atoms with Gasteiger partial charge in [0.05, 0.1) is 6.54 Å². The first-order chi connectivity index (χ1) is 11.4. The predicted octanol–water partition coefficient (Wildman–Crippen LogP) is -1.80. The van der Waals surface area contributed by atoms with Crippen molar-refractivity contribution in [2.45, 2.75) is 56.9 Å². The number of hydrazine groups is 1. The van der Waals surface area contributed by atoms with Crippen molar-refractivity contribution in [3.63, 3.8) is 0 Å². The molecule has 0 aliphatic carbocycles. The molecular weight excluding hydrogens is 316 g/mol. The van der Waals surface area contributed by atoms with Gasteiger partial charge in [-0.05, 0) is 32.4 Å². The summed E-state index contributed by atoms with van der Waals surface area (Å²) in [5.41, 5.74) is 6.54. The molecule has 5 atom stereocenters. The lowest BCUT2D eigenvalue weighted by atomic mass is 9.99. The Labute approximate surface area is 143 Å². The third-order valence-corrected chi connectivity index (χ3v) is 3.87. The van der Waals surface area contributed by atoms with Crippen LogP contribution in [0.4, 0.5) is 0 Å². The van der Waals surface area contributed by atoms with Gasteiger partial charge in [0.15, 0.2) is 6.29 Å². The van der Waals surface area contributed by atoms with Gasteiger partial charge in [-0.2, -0.15) is 0 Å². The third kappa shape index (κ3) is 6.52. The lowest BCUT2D eigenvalue weighted by molar-refractivity contribution is -0.291. The van der Waals surface area contributed by atoms with Crippen molar-refractivity contribution in [2.75, 3.05) is 26.7 Å². The molecule has 0 spiro atoms. The quantitative estimate of drug-likeness (QED) is 0.153. The molecule has 1 heterocycles. The van der Waals surface area contributed by atoms with E-state index < -0.39 is 30.7 Å². The van der Waals surface area contributed by atoms with Gasteiger partial charge in [-0.3, -0.25) is 0 Å². The molecule has 1 rings (SSSR count). The maximum Gasteiger partial charge on any atom is 0.186 e. The van der Waals surface area contributed by atoms with Crippen LogP contribution in [0.15, 0.2) is 11.9 Å². The summed E-state index contributed by atoms with van der Waals surface area (Å²) in [6.07, 6.45) is -1.52. The maximum absolute atomic E-state index is 10.00. The summed E-state index contributed by atoms with van der Waals surface area (Å²) in [6.45, 7) is 4.08. The smallest absolute Gasteiger partial charge is 0.186 e. The van der Waals surface area contributed by atoms with E-state index in [2.05, 4.69) is 12.2 Å². The van der Waals surface area contributed by atoms with E-state index >= 15 is 0 Å². The lowest BCUT2D eigenvalue weighted by Crippen LogP contribution is -2.60.